The molecule has 1 N–H and O–H groups in total. The fourth-order valence-corrected chi connectivity index (χ4v) is 2.38. The molecule has 0 aromatic carbocycles. The third-order valence-corrected chi connectivity index (χ3v) is 3.52. The highest BCUT2D eigenvalue weighted by atomic mass is 32.2. The summed E-state index contributed by atoms with van der Waals surface area (Å²) in [5, 5.41) is 5.24. The Labute approximate surface area is 106 Å². The molecule has 6 heteroatoms. The van der Waals surface area contributed by atoms with Gasteiger partial charge in [0.25, 0.3) is 5.91 Å². The Balaban J connectivity index is 2.86. The number of hydrogen-bond donors (Lipinski definition) is 1. The van der Waals surface area contributed by atoms with Gasteiger partial charge in [0, 0.05) is 18.5 Å². The molecule has 1 rings (SSSR count). The Morgan fingerprint density at radius 2 is 2.12 bits per heavy atom. The van der Waals surface area contributed by atoms with E-state index < -0.39 is 0 Å². The maximum absolute atomic E-state index is 11.9. The number of thioether (sulfide) groups is 1. The van der Waals surface area contributed by atoms with Crippen LogP contribution in [-0.2, 0) is 9.59 Å². The highest BCUT2D eigenvalue weighted by Crippen LogP contribution is 2.31. The zero-order valence-electron chi connectivity index (χ0n) is 10.7. The van der Waals surface area contributed by atoms with Gasteiger partial charge in [0.15, 0.2) is 0 Å². The van der Waals surface area contributed by atoms with Crippen molar-refractivity contribution >= 4 is 23.6 Å². The van der Waals surface area contributed by atoms with Gasteiger partial charge in [-0.05, 0) is 19.3 Å². The molecule has 0 radical (unpaired) electrons. The Morgan fingerprint density at radius 1 is 1.47 bits per heavy atom. The number of allylic oxidation sites excluding steroid dienone is 1. The molecular weight excluding hydrogens is 238 g/mol. The van der Waals surface area contributed by atoms with Gasteiger partial charge < -0.3 is 0 Å². The molecule has 2 amide bonds. The normalized spacial score (nSPS) is 18.9. The van der Waals surface area contributed by atoms with E-state index in [1.165, 1.54) is 5.12 Å². The zero-order valence-corrected chi connectivity index (χ0v) is 11.5. The molecule has 0 saturated heterocycles. The highest BCUT2D eigenvalue weighted by molar-refractivity contribution is 8.02. The smallest absolute Gasteiger partial charge is 0.260 e. The van der Waals surface area contributed by atoms with E-state index in [0.29, 0.717) is 12.8 Å². The largest absolute Gasteiger partial charge is 0.273 e. The topological polar surface area (TPSA) is 52.7 Å². The first-order valence-corrected chi connectivity index (χ1v) is 6.69. The number of nitrogens with zero attached hydrogens (tertiary/aromatic N) is 2. The number of nitrogens with one attached hydrogen (secondary N) is 1. The van der Waals surface area contributed by atoms with Crippen molar-refractivity contribution in [2.75, 3.05) is 0 Å². The van der Waals surface area contributed by atoms with E-state index in [9.17, 15) is 9.59 Å². The van der Waals surface area contributed by atoms with Crippen LogP contribution in [0.25, 0.3) is 0 Å². The molecule has 96 valence electrons. The second-order valence-electron chi connectivity index (χ2n) is 3.79. The molecule has 1 heterocycles. The fraction of sp³-hybridized carbons (Fsp3) is 0.636. The number of rotatable bonds is 3. The first kappa shape index (κ1) is 13.9. The number of carbonyl (C=O) groups is 2. The molecule has 0 aromatic heterocycles. The summed E-state index contributed by atoms with van der Waals surface area (Å²) in [6.07, 6.45) is 0.705. The summed E-state index contributed by atoms with van der Waals surface area (Å²) in [6, 6.07) is 0. The lowest BCUT2D eigenvalue weighted by Gasteiger charge is -2.36. The average molecular weight is 257 g/mol. The Hall–Kier alpha value is -1.17. The SMILES string of the molecule is CCC(=O)NN(C(=O)CC)N1C(C)=CSC1C. The summed E-state index contributed by atoms with van der Waals surface area (Å²) in [6.45, 7) is 7.45. The Bertz CT molecular complexity index is 344. The van der Waals surface area contributed by atoms with Gasteiger partial charge in [0.2, 0.25) is 5.91 Å². The molecule has 1 atom stereocenters. The van der Waals surface area contributed by atoms with Crippen molar-refractivity contribution in [3.05, 3.63) is 11.1 Å². The molecular formula is C11H19N3O2S. The molecule has 0 aromatic rings. The summed E-state index contributed by atoms with van der Waals surface area (Å²) in [5.41, 5.74) is 3.60. The lowest BCUT2D eigenvalue weighted by atomic mass is 10.4. The van der Waals surface area contributed by atoms with Crippen LogP contribution in [0.5, 0.6) is 0 Å². The second-order valence-corrected chi connectivity index (χ2v) is 4.98. The maximum atomic E-state index is 11.9. The first-order chi connectivity index (χ1) is 8.01. The Morgan fingerprint density at radius 3 is 2.53 bits per heavy atom. The van der Waals surface area contributed by atoms with Crippen molar-refractivity contribution in [1.29, 1.82) is 0 Å². The summed E-state index contributed by atoms with van der Waals surface area (Å²) in [5.74, 6) is -0.280. The van der Waals surface area contributed by atoms with E-state index in [1.807, 2.05) is 24.3 Å². The van der Waals surface area contributed by atoms with Crippen molar-refractivity contribution < 1.29 is 9.59 Å². The molecule has 0 saturated carbocycles. The van der Waals surface area contributed by atoms with Crippen LogP contribution < -0.4 is 5.43 Å². The molecule has 5 nitrogen and oxygen atoms in total. The number of amides is 2. The van der Waals surface area contributed by atoms with E-state index in [0.717, 1.165) is 5.70 Å². The van der Waals surface area contributed by atoms with E-state index in [2.05, 4.69) is 5.43 Å². The van der Waals surface area contributed by atoms with Gasteiger partial charge in [-0.1, -0.05) is 13.8 Å². The van der Waals surface area contributed by atoms with Crippen molar-refractivity contribution in [2.24, 2.45) is 0 Å². The van der Waals surface area contributed by atoms with Crippen molar-refractivity contribution in [3.63, 3.8) is 0 Å². The van der Waals surface area contributed by atoms with Crippen LogP contribution in [0.1, 0.15) is 40.5 Å². The minimum atomic E-state index is -0.163. The molecule has 1 aliphatic rings. The second kappa shape index (κ2) is 5.95. The van der Waals surface area contributed by atoms with E-state index in [4.69, 9.17) is 0 Å². The van der Waals surface area contributed by atoms with Crippen molar-refractivity contribution in [3.8, 4) is 0 Å². The monoisotopic (exact) mass is 257 g/mol. The predicted octanol–water partition coefficient (Wildman–Crippen LogP) is 1.84. The van der Waals surface area contributed by atoms with E-state index >= 15 is 0 Å². The van der Waals surface area contributed by atoms with Gasteiger partial charge in [-0.3, -0.25) is 14.6 Å². The average Bonchev–Trinajstić information content (AvgIpc) is 2.65. The van der Waals surface area contributed by atoms with E-state index in [1.54, 1.807) is 25.6 Å². The standard InChI is InChI=1S/C11H19N3O2S/c1-5-10(15)12-14(11(16)6-2)13-8(3)7-17-9(13)4/h7,9H,5-6H2,1-4H3,(H,12,15). The van der Waals surface area contributed by atoms with Gasteiger partial charge in [0.05, 0.1) is 5.37 Å². The third kappa shape index (κ3) is 3.15. The van der Waals surface area contributed by atoms with Gasteiger partial charge in [-0.25, -0.2) is 5.43 Å². The third-order valence-electron chi connectivity index (χ3n) is 2.45. The summed E-state index contributed by atoms with van der Waals surface area (Å²) in [4.78, 5) is 23.3. The molecule has 0 fully saturated rings. The fourth-order valence-electron chi connectivity index (χ4n) is 1.50. The number of carbonyl (C=O) groups excluding carboxylic acids is 2. The molecule has 17 heavy (non-hydrogen) atoms. The van der Waals surface area contributed by atoms with Gasteiger partial charge in [-0.15, -0.1) is 11.8 Å². The molecule has 1 unspecified atom stereocenters. The van der Waals surface area contributed by atoms with Crippen LogP contribution in [0.4, 0.5) is 0 Å². The molecule has 0 bridgehead atoms. The minimum absolute atomic E-state index is 0.114. The summed E-state index contributed by atoms with van der Waals surface area (Å²) >= 11 is 1.62. The van der Waals surface area contributed by atoms with E-state index in [-0.39, 0.29) is 17.2 Å². The zero-order chi connectivity index (χ0) is 13.0. The molecule has 0 aliphatic carbocycles. The van der Waals surface area contributed by atoms with Crippen LogP contribution >= 0.6 is 11.8 Å². The van der Waals surface area contributed by atoms with Crippen LogP contribution in [0.2, 0.25) is 0 Å². The lowest BCUT2D eigenvalue weighted by Crippen LogP contribution is -2.56. The summed E-state index contributed by atoms with van der Waals surface area (Å²) in [7, 11) is 0. The van der Waals surface area contributed by atoms with Crippen LogP contribution in [0.3, 0.4) is 0 Å². The lowest BCUT2D eigenvalue weighted by molar-refractivity contribution is -0.160. The number of hydrazine groups is 2. The van der Waals surface area contributed by atoms with Crippen LogP contribution in [-0.4, -0.2) is 27.3 Å². The molecule has 0 spiro atoms. The van der Waals surface area contributed by atoms with Crippen LogP contribution in [0.15, 0.2) is 11.1 Å². The van der Waals surface area contributed by atoms with Gasteiger partial charge >= 0.3 is 0 Å². The van der Waals surface area contributed by atoms with Crippen molar-refractivity contribution in [2.45, 2.75) is 45.9 Å². The maximum Gasteiger partial charge on any atom is 0.260 e. The van der Waals surface area contributed by atoms with Crippen molar-refractivity contribution in [1.82, 2.24) is 15.6 Å². The first-order valence-electron chi connectivity index (χ1n) is 5.75. The van der Waals surface area contributed by atoms with Gasteiger partial charge in [-0.2, -0.15) is 5.12 Å². The Kier molecular flexibility index (Phi) is 4.86. The number of hydrogen-bond acceptors (Lipinski definition) is 4. The molecule has 1 aliphatic heterocycles. The van der Waals surface area contributed by atoms with Gasteiger partial charge in [0.1, 0.15) is 0 Å². The van der Waals surface area contributed by atoms with Crippen LogP contribution in [0, 0.1) is 0 Å². The minimum Gasteiger partial charge on any atom is -0.273 e. The predicted molar refractivity (Wildman–Crippen MR) is 68.2 cm³/mol. The highest BCUT2D eigenvalue weighted by Gasteiger charge is 2.30. The summed E-state index contributed by atoms with van der Waals surface area (Å²) < 4.78 is 0. The quantitative estimate of drug-likeness (QED) is 0.784.